The number of ether oxygens (including phenoxy) is 2. The summed E-state index contributed by atoms with van der Waals surface area (Å²) in [6.07, 6.45) is 1.65. The van der Waals surface area contributed by atoms with Crippen molar-refractivity contribution in [2.24, 2.45) is 0 Å². The van der Waals surface area contributed by atoms with Gasteiger partial charge >= 0.3 is 0 Å². The van der Waals surface area contributed by atoms with Gasteiger partial charge in [0.2, 0.25) is 0 Å². The number of hydrogen-bond acceptors (Lipinski definition) is 7. The third-order valence-electron chi connectivity index (χ3n) is 5.46. The van der Waals surface area contributed by atoms with E-state index in [9.17, 15) is 9.18 Å². The van der Waals surface area contributed by atoms with Gasteiger partial charge in [0.25, 0.3) is 5.56 Å². The maximum atomic E-state index is 13.3. The van der Waals surface area contributed by atoms with Crippen LogP contribution in [0, 0.1) is 5.82 Å². The van der Waals surface area contributed by atoms with Crippen LogP contribution in [0.2, 0.25) is 0 Å². The smallest absolute Gasteiger partial charge is 0.293 e. The summed E-state index contributed by atoms with van der Waals surface area (Å²) in [7, 11) is 0. The van der Waals surface area contributed by atoms with Gasteiger partial charge < -0.3 is 19.4 Å². The minimum absolute atomic E-state index is 0.199. The minimum Gasteiger partial charge on any atom is -0.380 e. The topological polar surface area (TPSA) is 81.5 Å². The summed E-state index contributed by atoms with van der Waals surface area (Å²) >= 11 is 0. The monoisotopic (exact) mass is 441 g/mol. The molecule has 4 rings (SSSR count). The van der Waals surface area contributed by atoms with E-state index in [1.165, 1.54) is 12.1 Å². The molecule has 0 amide bonds. The Bertz CT molecular complexity index is 1100. The van der Waals surface area contributed by atoms with E-state index in [0.717, 1.165) is 38.4 Å². The Kier molecular flexibility index (Phi) is 7.41. The van der Waals surface area contributed by atoms with Crippen molar-refractivity contribution in [3.8, 4) is 11.3 Å². The first-order valence-corrected chi connectivity index (χ1v) is 10.9. The van der Waals surface area contributed by atoms with E-state index in [2.05, 4.69) is 20.2 Å². The summed E-state index contributed by atoms with van der Waals surface area (Å²) in [6.45, 7) is 7.98. The number of rotatable bonds is 9. The second-order valence-electron chi connectivity index (χ2n) is 7.56. The molecule has 0 saturated carbocycles. The predicted octanol–water partition coefficient (Wildman–Crippen LogP) is 2.38. The minimum atomic E-state index is -0.308. The second kappa shape index (κ2) is 10.6. The second-order valence-corrected chi connectivity index (χ2v) is 7.56. The first-order valence-electron chi connectivity index (χ1n) is 10.9. The van der Waals surface area contributed by atoms with Crippen molar-refractivity contribution in [2.75, 3.05) is 57.9 Å². The zero-order valence-corrected chi connectivity index (χ0v) is 18.2. The molecule has 9 heteroatoms. The molecule has 1 N–H and O–H groups in total. The lowest BCUT2D eigenvalue weighted by Gasteiger charge is -2.26. The number of benzene rings is 1. The highest BCUT2D eigenvalue weighted by Gasteiger charge is 2.14. The predicted molar refractivity (Wildman–Crippen MR) is 121 cm³/mol. The highest BCUT2D eigenvalue weighted by atomic mass is 19.1. The lowest BCUT2D eigenvalue weighted by Crippen LogP contribution is -2.39. The van der Waals surface area contributed by atoms with Gasteiger partial charge in [0.15, 0.2) is 5.82 Å². The Morgan fingerprint density at radius 1 is 1.19 bits per heavy atom. The van der Waals surface area contributed by atoms with Gasteiger partial charge in [0.1, 0.15) is 11.3 Å². The van der Waals surface area contributed by atoms with Gasteiger partial charge in [-0.15, -0.1) is 0 Å². The van der Waals surface area contributed by atoms with Gasteiger partial charge in [-0.25, -0.2) is 9.37 Å². The number of halogens is 1. The number of hydrogen-bond donors (Lipinski definition) is 1. The molecule has 32 heavy (non-hydrogen) atoms. The van der Waals surface area contributed by atoms with Crippen LogP contribution in [0.1, 0.15) is 6.92 Å². The quantitative estimate of drug-likeness (QED) is 0.511. The van der Waals surface area contributed by atoms with Gasteiger partial charge in [-0.2, -0.15) is 0 Å². The molecule has 0 unspecified atom stereocenters. The maximum Gasteiger partial charge on any atom is 0.293 e. The lowest BCUT2D eigenvalue weighted by atomic mass is 10.1. The Morgan fingerprint density at radius 2 is 1.97 bits per heavy atom. The van der Waals surface area contributed by atoms with Crippen molar-refractivity contribution < 1.29 is 13.9 Å². The van der Waals surface area contributed by atoms with E-state index >= 15 is 0 Å². The summed E-state index contributed by atoms with van der Waals surface area (Å²) in [4.78, 5) is 24.6. The molecule has 1 fully saturated rings. The molecule has 0 spiro atoms. The zero-order valence-electron chi connectivity index (χ0n) is 18.2. The Morgan fingerprint density at radius 3 is 2.72 bits per heavy atom. The molecule has 1 aliphatic rings. The molecule has 2 aromatic heterocycles. The fourth-order valence-electron chi connectivity index (χ4n) is 3.72. The van der Waals surface area contributed by atoms with E-state index in [-0.39, 0.29) is 11.4 Å². The molecular formula is C23H28FN5O3. The van der Waals surface area contributed by atoms with Gasteiger partial charge in [-0.05, 0) is 37.3 Å². The fourth-order valence-corrected chi connectivity index (χ4v) is 3.72. The molecule has 1 aromatic carbocycles. The number of morpholine rings is 1. The molecule has 0 atom stereocenters. The van der Waals surface area contributed by atoms with E-state index in [1.807, 2.05) is 13.0 Å². The van der Waals surface area contributed by atoms with Gasteiger partial charge in [0, 0.05) is 44.9 Å². The molecule has 8 nitrogen and oxygen atoms in total. The third-order valence-corrected chi connectivity index (χ3v) is 5.46. The zero-order chi connectivity index (χ0) is 22.3. The molecule has 0 bridgehead atoms. The number of nitrogens with zero attached hydrogens (tertiary/aromatic N) is 4. The van der Waals surface area contributed by atoms with Crippen LogP contribution in [0.15, 0.2) is 41.3 Å². The fraction of sp³-hybridized carbons (Fsp3) is 0.435. The summed E-state index contributed by atoms with van der Waals surface area (Å²) in [5, 5.41) is 3.20. The summed E-state index contributed by atoms with van der Waals surface area (Å²) in [5.74, 6) is -0.00351. The van der Waals surface area contributed by atoms with Crippen LogP contribution in [-0.4, -0.2) is 72.0 Å². The largest absolute Gasteiger partial charge is 0.380 e. The van der Waals surface area contributed by atoms with Gasteiger partial charge in [-0.1, -0.05) is 0 Å². The SMILES string of the molecule is CCOCCn1c(=O)c(NCCN2CCOCC2)nc2cnc(-c3ccc(F)cc3)cc21. The van der Waals surface area contributed by atoms with E-state index in [1.54, 1.807) is 22.9 Å². The average Bonchev–Trinajstić information content (AvgIpc) is 2.82. The van der Waals surface area contributed by atoms with Crippen LogP contribution >= 0.6 is 0 Å². The lowest BCUT2D eigenvalue weighted by molar-refractivity contribution is 0.0398. The molecule has 170 valence electrons. The van der Waals surface area contributed by atoms with Gasteiger partial charge in [-0.3, -0.25) is 14.7 Å². The van der Waals surface area contributed by atoms with Crippen molar-refractivity contribution in [3.05, 3.63) is 52.7 Å². The number of nitrogens with one attached hydrogen (secondary N) is 1. The van der Waals surface area contributed by atoms with Gasteiger partial charge in [0.05, 0.1) is 37.2 Å². The van der Waals surface area contributed by atoms with Crippen LogP contribution in [-0.2, 0) is 16.0 Å². The summed E-state index contributed by atoms with van der Waals surface area (Å²) < 4.78 is 25.8. The molecule has 0 aliphatic carbocycles. The molecule has 1 aliphatic heterocycles. The summed E-state index contributed by atoms with van der Waals surface area (Å²) in [6, 6.07) is 7.94. The van der Waals surface area contributed by atoms with Crippen molar-refractivity contribution in [2.45, 2.75) is 13.5 Å². The van der Waals surface area contributed by atoms with Crippen LogP contribution in [0.3, 0.4) is 0 Å². The Labute approximate surface area is 186 Å². The normalized spacial score (nSPS) is 14.7. The maximum absolute atomic E-state index is 13.3. The number of aromatic nitrogens is 3. The van der Waals surface area contributed by atoms with Crippen molar-refractivity contribution in [3.63, 3.8) is 0 Å². The Balaban J connectivity index is 1.62. The third kappa shape index (κ3) is 5.29. The molecular weight excluding hydrogens is 413 g/mol. The average molecular weight is 442 g/mol. The van der Waals surface area contributed by atoms with Crippen molar-refractivity contribution in [1.29, 1.82) is 0 Å². The summed E-state index contributed by atoms with van der Waals surface area (Å²) in [5.41, 5.74) is 2.50. The van der Waals surface area contributed by atoms with Crippen molar-refractivity contribution >= 4 is 16.9 Å². The number of fused-ring (bicyclic) bond motifs is 1. The molecule has 0 radical (unpaired) electrons. The molecule has 1 saturated heterocycles. The Hall–Kier alpha value is -2.88. The first kappa shape index (κ1) is 22.3. The first-order chi connectivity index (χ1) is 15.7. The van der Waals surface area contributed by atoms with E-state index in [0.29, 0.717) is 48.8 Å². The van der Waals surface area contributed by atoms with Crippen LogP contribution in [0.25, 0.3) is 22.3 Å². The van der Waals surface area contributed by atoms with Crippen LogP contribution in [0.4, 0.5) is 10.2 Å². The van der Waals surface area contributed by atoms with Crippen LogP contribution < -0.4 is 10.9 Å². The van der Waals surface area contributed by atoms with Crippen molar-refractivity contribution in [1.82, 2.24) is 19.4 Å². The van der Waals surface area contributed by atoms with Crippen LogP contribution in [0.5, 0.6) is 0 Å². The van der Waals surface area contributed by atoms with E-state index < -0.39 is 0 Å². The number of pyridine rings is 1. The highest BCUT2D eigenvalue weighted by molar-refractivity contribution is 5.80. The molecule has 3 aromatic rings. The standard InChI is InChI=1S/C23H28FN5O3/c1-2-31-14-11-29-21-15-19(17-3-5-18(24)6-4-17)26-16-20(21)27-22(23(29)30)25-7-8-28-9-12-32-13-10-28/h3-6,15-16H,2,7-14H2,1H3,(H,25,27). The number of anilines is 1. The highest BCUT2D eigenvalue weighted by Crippen LogP contribution is 2.21. The van der Waals surface area contributed by atoms with E-state index in [4.69, 9.17) is 9.47 Å². The molecule has 3 heterocycles.